The van der Waals surface area contributed by atoms with Gasteiger partial charge in [0.25, 0.3) is 0 Å². The van der Waals surface area contributed by atoms with Crippen molar-refractivity contribution >= 4 is 5.97 Å². The third-order valence-corrected chi connectivity index (χ3v) is 5.04. The average molecular weight is 363 g/mol. The van der Waals surface area contributed by atoms with Crippen molar-refractivity contribution in [1.29, 1.82) is 5.26 Å². The van der Waals surface area contributed by atoms with Crippen molar-refractivity contribution in [2.75, 3.05) is 40.3 Å². The van der Waals surface area contributed by atoms with E-state index in [4.69, 9.17) is 4.74 Å². The number of nitriles is 1. The van der Waals surface area contributed by atoms with E-state index in [0.29, 0.717) is 11.1 Å². The third-order valence-electron chi connectivity index (χ3n) is 5.04. The Morgan fingerprint density at radius 2 is 1.89 bits per heavy atom. The molecule has 0 spiro atoms. The van der Waals surface area contributed by atoms with Gasteiger partial charge in [-0.2, -0.15) is 5.26 Å². The van der Waals surface area contributed by atoms with Crippen molar-refractivity contribution in [2.24, 2.45) is 0 Å². The monoisotopic (exact) mass is 363 g/mol. The van der Waals surface area contributed by atoms with Gasteiger partial charge in [0.05, 0.1) is 24.3 Å². The van der Waals surface area contributed by atoms with Gasteiger partial charge in [-0.05, 0) is 61.4 Å². The number of rotatable bonds is 4. The largest absolute Gasteiger partial charge is 0.465 e. The Kier molecular flexibility index (Phi) is 6.23. The Morgan fingerprint density at radius 3 is 2.59 bits per heavy atom. The Morgan fingerprint density at radius 1 is 1.11 bits per heavy atom. The molecule has 0 aliphatic carbocycles. The molecule has 0 unspecified atom stereocenters. The quantitative estimate of drug-likeness (QED) is 0.781. The molecule has 0 saturated carbocycles. The molecule has 1 aliphatic rings. The predicted molar refractivity (Wildman–Crippen MR) is 105 cm³/mol. The molecule has 2 aromatic rings. The van der Waals surface area contributed by atoms with Crippen LogP contribution in [0.5, 0.6) is 0 Å². The van der Waals surface area contributed by atoms with E-state index in [0.717, 1.165) is 49.4 Å². The molecule has 0 amide bonds. The van der Waals surface area contributed by atoms with E-state index in [1.54, 1.807) is 12.1 Å². The van der Waals surface area contributed by atoms with Crippen molar-refractivity contribution in [3.05, 3.63) is 59.2 Å². The molecule has 140 valence electrons. The number of esters is 1. The molecule has 1 saturated heterocycles. The second-order valence-electron chi connectivity index (χ2n) is 6.99. The summed E-state index contributed by atoms with van der Waals surface area (Å²) in [5.74, 6) is -0.361. The van der Waals surface area contributed by atoms with Crippen LogP contribution in [-0.4, -0.2) is 56.1 Å². The lowest BCUT2D eigenvalue weighted by Crippen LogP contribution is -2.28. The highest BCUT2D eigenvalue weighted by molar-refractivity contribution is 5.90. The molecule has 27 heavy (non-hydrogen) atoms. The zero-order chi connectivity index (χ0) is 19.2. The fourth-order valence-corrected chi connectivity index (χ4v) is 3.45. The maximum absolute atomic E-state index is 11.6. The van der Waals surface area contributed by atoms with Gasteiger partial charge in [-0.3, -0.25) is 4.90 Å². The molecule has 0 aromatic heterocycles. The lowest BCUT2D eigenvalue weighted by atomic mass is 9.97. The highest BCUT2D eigenvalue weighted by atomic mass is 16.5. The molecular formula is C22H25N3O2. The Labute approximate surface area is 160 Å². The van der Waals surface area contributed by atoms with E-state index in [9.17, 15) is 10.1 Å². The smallest absolute Gasteiger partial charge is 0.337 e. The zero-order valence-electron chi connectivity index (χ0n) is 15.9. The SMILES string of the molecule is COC(=O)c1ccc(-c2ccc(CN3CCCN(C)CC3)cc2C#N)cc1. The van der Waals surface area contributed by atoms with Crippen molar-refractivity contribution in [3.63, 3.8) is 0 Å². The van der Waals surface area contributed by atoms with Gasteiger partial charge in [0.1, 0.15) is 0 Å². The lowest BCUT2D eigenvalue weighted by molar-refractivity contribution is 0.0601. The molecule has 3 rings (SSSR count). The Bertz CT molecular complexity index is 840. The van der Waals surface area contributed by atoms with Gasteiger partial charge >= 0.3 is 5.97 Å². The first kappa shape index (κ1) is 19.1. The maximum atomic E-state index is 11.6. The summed E-state index contributed by atoms with van der Waals surface area (Å²) in [4.78, 5) is 16.4. The van der Waals surface area contributed by atoms with Gasteiger partial charge in [-0.25, -0.2) is 4.79 Å². The summed E-state index contributed by atoms with van der Waals surface area (Å²) in [6.45, 7) is 5.22. The molecule has 0 bridgehead atoms. The van der Waals surface area contributed by atoms with Crippen molar-refractivity contribution in [3.8, 4) is 17.2 Å². The van der Waals surface area contributed by atoms with E-state index in [1.165, 1.54) is 13.5 Å². The van der Waals surface area contributed by atoms with Crippen molar-refractivity contribution in [1.82, 2.24) is 9.80 Å². The first-order valence-electron chi connectivity index (χ1n) is 9.23. The van der Waals surface area contributed by atoms with Crippen LogP contribution in [0.2, 0.25) is 0 Å². The van der Waals surface area contributed by atoms with Crippen molar-refractivity contribution < 1.29 is 9.53 Å². The van der Waals surface area contributed by atoms with Gasteiger partial charge in [0.2, 0.25) is 0 Å². The number of hydrogen-bond donors (Lipinski definition) is 0. The van der Waals surface area contributed by atoms with Crippen LogP contribution in [0, 0.1) is 11.3 Å². The highest BCUT2D eigenvalue weighted by Gasteiger charge is 2.14. The van der Waals surface area contributed by atoms with Crippen LogP contribution in [0.1, 0.15) is 27.9 Å². The van der Waals surface area contributed by atoms with Gasteiger partial charge in [0, 0.05) is 19.6 Å². The predicted octanol–water partition coefficient (Wildman–Crippen LogP) is 3.15. The molecule has 1 aliphatic heterocycles. The van der Waals surface area contributed by atoms with Crippen LogP contribution in [0.4, 0.5) is 0 Å². The minimum absolute atomic E-state index is 0.361. The van der Waals surface area contributed by atoms with Gasteiger partial charge in [-0.1, -0.05) is 24.3 Å². The van der Waals surface area contributed by atoms with Crippen LogP contribution in [0.15, 0.2) is 42.5 Å². The van der Waals surface area contributed by atoms with Crippen molar-refractivity contribution in [2.45, 2.75) is 13.0 Å². The molecule has 5 nitrogen and oxygen atoms in total. The first-order chi connectivity index (χ1) is 13.1. The number of nitrogens with zero attached hydrogens (tertiary/aromatic N) is 3. The summed E-state index contributed by atoms with van der Waals surface area (Å²) in [7, 11) is 3.53. The van der Waals surface area contributed by atoms with E-state index < -0.39 is 0 Å². The normalized spacial score (nSPS) is 15.7. The molecule has 1 fully saturated rings. The van der Waals surface area contributed by atoms with Gasteiger partial charge < -0.3 is 9.64 Å². The van der Waals surface area contributed by atoms with Crippen LogP contribution in [0.25, 0.3) is 11.1 Å². The lowest BCUT2D eigenvalue weighted by Gasteiger charge is -2.20. The summed E-state index contributed by atoms with van der Waals surface area (Å²) >= 11 is 0. The molecule has 0 radical (unpaired) electrons. The average Bonchev–Trinajstić information content (AvgIpc) is 2.91. The molecule has 0 N–H and O–H groups in total. The van der Waals surface area contributed by atoms with Crippen LogP contribution < -0.4 is 0 Å². The third kappa shape index (κ3) is 4.73. The number of likely N-dealkylation sites (N-methyl/N-ethyl adjacent to an activating group) is 1. The summed E-state index contributed by atoms with van der Waals surface area (Å²) in [5.41, 5.74) is 4.12. The zero-order valence-corrected chi connectivity index (χ0v) is 15.9. The van der Waals surface area contributed by atoms with Crippen LogP contribution in [0.3, 0.4) is 0 Å². The molecule has 0 atom stereocenters. The van der Waals surface area contributed by atoms with E-state index >= 15 is 0 Å². The minimum atomic E-state index is -0.361. The Balaban J connectivity index is 1.78. The van der Waals surface area contributed by atoms with Gasteiger partial charge in [0.15, 0.2) is 0 Å². The molecule has 1 heterocycles. The Hall–Kier alpha value is -2.68. The maximum Gasteiger partial charge on any atom is 0.337 e. The standard InChI is InChI=1S/C22H25N3O2/c1-24-10-3-11-25(13-12-24)16-17-4-9-21(20(14-17)15-23)18-5-7-19(8-6-18)22(26)27-2/h4-9,14H,3,10-13,16H2,1-2H3. The first-order valence-corrected chi connectivity index (χ1v) is 9.23. The van der Waals surface area contributed by atoms with E-state index in [2.05, 4.69) is 29.0 Å². The topological polar surface area (TPSA) is 56.6 Å². The van der Waals surface area contributed by atoms with Crippen LogP contribution >= 0.6 is 0 Å². The fourth-order valence-electron chi connectivity index (χ4n) is 3.45. The molecule has 5 heteroatoms. The number of carbonyl (C=O) groups is 1. The fraction of sp³-hybridized carbons (Fsp3) is 0.364. The van der Waals surface area contributed by atoms with E-state index in [1.807, 2.05) is 24.3 Å². The number of carbonyl (C=O) groups excluding carboxylic acids is 1. The number of ether oxygens (including phenoxy) is 1. The summed E-state index contributed by atoms with van der Waals surface area (Å²) in [6, 6.07) is 15.6. The highest BCUT2D eigenvalue weighted by Crippen LogP contribution is 2.25. The number of methoxy groups -OCH3 is 1. The molecular weight excluding hydrogens is 338 g/mol. The summed E-state index contributed by atoms with van der Waals surface area (Å²) < 4.78 is 4.73. The summed E-state index contributed by atoms with van der Waals surface area (Å²) in [5, 5.41) is 9.63. The number of hydrogen-bond acceptors (Lipinski definition) is 5. The van der Waals surface area contributed by atoms with Crippen LogP contribution in [-0.2, 0) is 11.3 Å². The second kappa shape index (κ2) is 8.81. The van der Waals surface area contributed by atoms with E-state index in [-0.39, 0.29) is 5.97 Å². The van der Waals surface area contributed by atoms with Gasteiger partial charge in [-0.15, -0.1) is 0 Å². The molecule has 2 aromatic carbocycles. The second-order valence-corrected chi connectivity index (χ2v) is 6.99. The summed E-state index contributed by atoms with van der Waals surface area (Å²) in [6.07, 6.45) is 1.17. The number of benzene rings is 2. The minimum Gasteiger partial charge on any atom is -0.465 e.